The second-order valence-corrected chi connectivity index (χ2v) is 6.45. The number of hydrogen-bond donors (Lipinski definition) is 1. The normalized spacial score (nSPS) is 20.3. The summed E-state index contributed by atoms with van der Waals surface area (Å²) in [6.45, 7) is 5.09. The fourth-order valence-electron chi connectivity index (χ4n) is 3.00. The molecule has 0 radical (unpaired) electrons. The molecule has 0 aromatic heterocycles. The number of benzene rings is 1. The highest BCUT2D eigenvalue weighted by molar-refractivity contribution is 5.96. The monoisotopic (exact) mass is 332 g/mol. The van der Waals surface area contributed by atoms with Gasteiger partial charge in [0.1, 0.15) is 6.54 Å². The Morgan fingerprint density at radius 2 is 1.75 bits per heavy atom. The Morgan fingerprint density at radius 3 is 2.38 bits per heavy atom. The van der Waals surface area contributed by atoms with Gasteiger partial charge in [0, 0.05) is 18.7 Å². The number of carbonyl (C=O) groups is 3. The van der Waals surface area contributed by atoms with Gasteiger partial charge in [-0.2, -0.15) is 0 Å². The van der Waals surface area contributed by atoms with E-state index in [0.29, 0.717) is 30.5 Å². The van der Waals surface area contributed by atoms with Crippen molar-refractivity contribution in [1.82, 2.24) is 10.2 Å². The molecule has 0 aliphatic carbocycles. The number of hydrogen-bond acceptors (Lipinski definition) is 4. The SMILES string of the molecule is C[C@@H]1C[C@H](C)CN(C(=O)COC(=O)CNC(=O)c2ccccc2)C1. The van der Waals surface area contributed by atoms with Crippen molar-refractivity contribution in [2.45, 2.75) is 20.3 Å². The molecule has 0 unspecified atom stereocenters. The summed E-state index contributed by atoms with van der Waals surface area (Å²) in [5, 5.41) is 2.48. The molecule has 6 nitrogen and oxygen atoms in total. The minimum atomic E-state index is -0.620. The molecule has 1 N–H and O–H groups in total. The lowest BCUT2D eigenvalue weighted by Gasteiger charge is -2.34. The first-order valence-corrected chi connectivity index (χ1v) is 8.22. The number of amides is 2. The van der Waals surface area contributed by atoms with Crippen LogP contribution in [0.15, 0.2) is 30.3 Å². The largest absolute Gasteiger partial charge is 0.454 e. The Kier molecular flexibility index (Phi) is 6.35. The van der Waals surface area contributed by atoms with Crippen LogP contribution in [-0.4, -0.2) is 48.9 Å². The minimum Gasteiger partial charge on any atom is -0.454 e. The highest BCUT2D eigenvalue weighted by atomic mass is 16.5. The van der Waals surface area contributed by atoms with Gasteiger partial charge in [0.2, 0.25) is 0 Å². The molecule has 1 aromatic carbocycles. The molecule has 0 saturated carbocycles. The maximum absolute atomic E-state index is 12.1. The van der Waals surface area contributed by atoms with E-state index >= 15 is 0 Å². The van der Waals surface area contributed by atoms with Gasteiger partial charge in [-0.25, -0.2) is 0 Å². The van der Waals surface area contributed by atoms with Crippen molar-refractivity contribution >= 4 is 17.8 Å². The second-order valence-electron chi connectivity index (χ2n) is 6.45. The Bertz CT molecular complexity index is 578. The molecule has 24 heavy (non-hydrogen) atoms. The first-order chi connectivity index (χ1) is 11.5. The fraction of sp³-hybridized carbons (Fsp3) is 0.500. The van der Waals surface area contributed by atoms with E-state index < -0.39 is 5.97 Å². The molecule has 6 heteroatoms. The Balaban J connectivity index is 1.71. The van der Waals surface area contributed by atoms with E-state index in [1.165, 1.54) is 0 Å². The van der Waals surface area contributed by atoms with Crippen LogP contribution >= 0.6 is 0 Å². The van der Waals surface area contributed by atoms with Crippen molar-refractivity contribution in [3.63, 3.8) is 0 Å². The van der Waals surface area contributed by atoms with Gasteiger partial charge >= 0.3 is 5.97 Å². The third-order valence-electron chi connectivity index (χ3n) is 4.01. The Labute approximate surface area is 142 Å². The quantitative estimate of drug-likeness (QED) is 0.829. The van der Waals surface area contributed by atoms with Crippen LogP contribution < -0.4 is 5.32 Å². The van der Waals surface area contributed by atoms with Gasteiger partial charge in [0.25, 0.3) is 11.8 Å². The van der Waals surface area contributed by atoms with Crippen LogP contribution in [0.5, 0.6) is 0 Å². The predicted octanol–water partition coefficient (Wildman–Crippen LogP) is 1.46. The Morgan fingerprint density at radius 1 is 1.12 bits per heavy atom. The van der Waals surface area contributed by atoms with Crippen LogP contribution in [0.2, 0.25) is 0 Å². The number of rotatable bonds is 5. The van der Waals surface area contributed by atoms with Crippen molar-refractivity contribution < 1.29 is 19.1 Å². The molecule has 1 aliphatic rings. The van der Waals surface area contributed by atoms with Gasteiger partial charge in [-0.3, -0.25) is 14.4 Å². The minimum absolute atomic E-state index is 0.184. The van der Waals surface area contributed by atoms with Gasteiger partial charge in [-0.05, 0) is 30.4 Å². The molecule has 1 saturated heterocycles. The molecular weight excluding hydrogens is 308 g/mol. The molecule has 2 atom stereocenters. The summed E-state index contributed by atoms with van der Waals surface area (Å²) in [5.74, 6) is -0.239. The van der Waals surface area contributed by atoms with Crippen molar-refractivity contribution in [2.75, 3.05) is 26.2 Å². The molecular formula is C18H24N2O4. The van der Waals surface area contributed by atoms with E-state index in [1.54, 1.807) is 35.2 Å². The van der Waals surface area contributed by atoms with Crippen molar-refractivity contribution in [3.05, 3.63) is 35.9 Å². The van der Waals surface area contributed by atoms with Gasteiger partial charge < -0.3 is 15.0 Å². The molecule has 1 aliphatic heterocycles. The van der Waals surface area contributed by atoms with Gasteiger partial charge in [-0.1, -0.05) is 32.0 Å². The third kappa shape index (κ3) is 5.37. The molecule has 2 rings (SSSR count). The number of esters is 1. The lowest BCUT2D eigenvalue weighted by atomic mass is 9.92. The maximum Gasteiger partial charge on any atom is 0.325 e. The second kappa shape index (κ2) is 8.47. The zero-order chi connectivity index (χ0) is 17.5. The van der Waals surface area contributed by atoms with Crippen LogP contribution in [0.3, 0.4) is 0 Å². The highest BCUT2D eigenvalue weighted by Gasteiger charge is 2.25. The van der Waals surface area contributed by atoms with Gasteiger partial charge in [-0.15, -0.1) is 0 Å². The van der Waals surface area contributed by atoms with Crippen molar-refractivity contribution in [1.29, 1.82) is 0 Å². The summed E-state index contributed by atoms with van der Waals surface area (Å²) in [4.78, 5) is 37.4. The summed E-state index contributed by atoms with van der Waals surface area (Å²) in [5.41, 5.74) is 0.470. The van der Waals surface area contributed by atoms with E-state index in [2.05, 4.69) is 19.2 Å². The number of nitrogens with one attached hydrogen (secondary N) is 1. The first-order valence-electron chi connectivity index (χ1n) is 8.22. The predicted molar refractivity (Wildman–Crippen MR) is 89.3 cm³/mol. The lowest BCUT2D eigenvalue weighted by Crippen LogP contribution is -2.44. The molecule has 1 heterocycles. The smallest absolute Gasteiger partial charge is 0.325 e. The van der Waals surface area contributed by atoms with E-state index in [9.17, 15) is 14.4 Å². The third-order valence-corrected chi connectivity index (χ3v) is 4.01. The molecule has 2 amide bonds. The van der Waals surface area contributed by atoms with Crippen LogP contribution in [0.4, 0.5) is 0 Å². The standard InChI is InChI=1S/C18H24N2O4/c1-13-8-14(2)11-20(10-13)16(21)12-24-17(22)9-19-18(23)15-6-4-3-5-7-15/h3-7,13-14H,8-12H2,1-2H3,(H,19,23)/t13-,14+. The summed E-state index contributed by atoms with van der Waals surface area (Å²) in [6, 6.07) is 8.60. The van der Waals surface area contributed by atoms with E-state index in [1.807, 2.05) is 0 Å². The van der Waals surface area contributed by atoms with Crippen LogP contribution in [0.1, 0.15) is 30.6 Å². The molecule has 1 aromatic rings. The van der Waals surface area contributed by atoms with E-state index in [4.69, 9.17) is 4.74 Å². The number of carbonyl (C=O) groups excluding carboxylic acids is 3. The van der Waals surface area contributed by atoms with Gasteiger partial charge in [0.05, 0.1) is 0 Å². The zero-order valence-corrected chi connectivity index (χ0v) is 14.2. The van der Waals surface area contributed by atoms with Crippen molar-refractivity contribution in [2.24, 2.45) is 11.8 Å². The molecule has 1 fully saturated rings. The average Bonchev–Trinajstić information content (AvgIpc) is 2.57. The van der Waals surface area contributed by atoms with Crippen LogP contribution in [-0.2, 0) is 14.3 Å². The van der Waals surface area contributed by atoms with Crippen LogP contribution in [0.25, 0.3) is 0 Å². The molecule has 130 valence electrons. The van der Waals surface area contributed by atoms with E-state index in [-0.39, 0.29) is 25.0 Å². The number of piperidine rings is 1. The summed E-state index contributed by atoms with van der Waals surface area (Å²) < 4.78 is 4.97. The fourth-order valence-corrected chi connectivity index (χ4v) is 3.00. The average molecular weight is 332 g/mol. The first kappa shape index (κ1) is 18.0. The maximum atomic E-state index is 12.1. The lowest BCUT2D eigenvalue weighted by molar-refractivity contribution is -0.152. The summed E-state index contributed by atoms with van der Waals surface area (Å²) >= 11 is 0. The molecule has 0 bridgehead atoms. The number of likely N-dealkylation sites (tertiary alicyclic amines) is 1. The highest BCUT2D eigenvalue weighted by Crippen LogP contribution is 2.20. The summed E-state index contributed by atoms with van der Waals surface area (Å²) in [7, 11) is 0. The zero-order valence-electron chi connectivity index (χ0n) is 14.2. The van der Waals surface area contributed by atoms with Crippen molar-refractivity contribution in [3.8, 4) is 0 Å². The number of ether oxygens (including phenoxy) is 1. The molecule has 0 spiro atoms. The summed E-state index contributed by atoms with van der Waals surface area (Å²) in [6.07, 6.45) is 1.11. The van der Waals surface area contributed by atoms with Crippen LogP contribution in [0, 0.1) is 11.8 Å². The topological polar surface area (TPSA) is 75.7 Å². The number of nitrogens with zero attached hydrogens (tertiary/aromatic N) is 1. The Hall–Kier alpha value is -2.37. The van der Waals surface area contributed by atoms with E-state index in [0.717, 1.165) is 6.42 Å². The van der Waals surface area contributed by atoms with Gasteiger partial charge in [0.15, 0.2) is 6.61 Å².